The van der Waals surface area contributed by atoms with Gasteiger partial charge in [0.05, 0.1) is 23.8 Å². The molecule has 1 aromatic heterocycles. The van der Waals surface area contributed by atoms with Crippen LogP contribution in [0, 0.1) is 26.6 Å². The second-order valence-corrected chi connectivity index (χ2v) is 11.7. The Hall–Kier alpha value is -4.67. The maximum Gasteiger partial charge on any atom is 0.285 e. The van der Waals surface area contributed by atoms with E-state index in [2.05, 4.69) is 15.5 Å². The molecule has 0 radical (unpaired) electrons. The van der Waals surface area contributed by atoms with Crippen LogP contribution in [0.1, 0.15) is 77.7 Å². The Morgan fingerprint density at radius 3 is 2.40 bits per heavy atom. The monoisotopic (exact) mass is 628 g/mol. The average molecular weight is 629 g/mol. The SMILES string of the molecule is Cc1ccc(CC(CON2C(=O)c3ccccc3C2=O)NC(=O)c2c(Oc3cccc(C4CC4)c3F)nnc(Cl)c2C)c(C)c1. The van der Waals surface area contributed by atoms with Gasteiger partial charge >= 0.3 is 0 Å². The number of fused-ring (bicyclic) bond motifs is 1. The zero-order valence-corrected chi connectivity index (χ0v) is 25.7. The first-order chi connectivity index (χ1) is 21.6. The molecule has 3 aromatic carbocycles. The van der Waals surface area contributed by atoms with E-state index >= 15 is 4.39 Å². The van der Waals surface area contributed by atoms with Gasteiger partial charge in [-0.05, 0) is 80.8 Å². The van der Waals surface area contributed by atoms with Crippen molar-refractivity contribution in [2.75, 3.05) is 6.61 Å². The maximum atomic E-state index is 15.3. The number of ether oxygens (including phenoxy) is 1. The molecular formula is C34H30ClFN4O5. The van der Waals surface area contributed by atoms with Crippen molar-refractivity contribution < 1.29 is 28.3 Å². The Morgan fingerprint density at radius 2 is 1.73 bits per heavy atom. The molecule has 3 amide bonds. The van der Waals surface area contributed by atoms with Crippen LogP contribution in [0.3, 0.4) is 0 Å². The van der Waals surface area contributed by atoms with E-state index in [9.17, 15) is 14.4 Å². The Morgan fingerprint density at radius 1 is 1.02 bits per heavy atom. The summed E-state index contributed by atoms with van der Waals surface area (Å²) in [5.74, 6) is -2.46. The molecule has 0 saturated heterocycles. The van der Waals surface area contributed by atoms with Crippen molar-refractivity contribution in [1.29, 1.82) is 0 Å². The fourth-order valence-electron chi connectivity index (χ4n) is 5.44. The normalized spacial score (nSPS) is 14.8. The van der Waals surface area contributed by atoms with E-state index in [-0.39, 0.29) is 51.6 Å². The van der Waals surface area contributed by atoms with Crippen LogP contribution in [0.15, 0.2) is 60.7 Å². The number of aromatic nitrogens is 2. The summed E-state index contributed by atoms with van der Waals surface area (Å²) in [6, 6.07) is 16.5. The standard InChI is InChI=1S/C34H30ClFN4O5/c1-18-11-12-22(19(2)15-18)16-23(17-44-40-33(42)25-7-4-5-8-26(25)34(40)43)37-31(41)28-20(3)30(35)38-39-32(28)45-27-10-6-9-24(29(27)36)21-13-14-21/h4-12,15,21,23H,13-14,16-17H2,1-3H3,(H,37,41). The van der Waals surface area contributed by atoms with E-state index < -0.39 is 29.6 Å². The molecule has 6 rings (SSSR count). The number of nitrogens with one attached hydrogen (secondary N) is 1. The molecule has 1 unspecified atom stereocenters. The van der Waals surface area contributed by atoms with Gasteiger partial charge < -0.3 is 10.1 Å². The lowest BCUT2D eigenvalue weighted by Crippen LogP contribution is -2.43. The van der Waals surface area contributed by atoms with E-state index in [4.69, 9.17) is 21.2 Å². The third kappa shape index (κ3) is 6.16. The molecule has 230 valence electrons. The van der Waals surface area contributed by atoms with Crippen LogP contribution < -0.4 is 10.1 Å². The van der Waals surface area contributed by atoms with Gasteiger partial charge in [-0.2, -0.15) is 0 Å². The first-order valence-electron chi connectivity index (χ1n) is 14.6. The molecule has 1 saturated carbocycles. The van der Waals surface area contributed by atoms with Gasteiger partial charge in [0, 0.05) is 5.56 Å². The molecule has 1 atom stereocenters. The summed E-state index contributed by atoms with van der Waals surface area (Å²) in [6.45, 7) is 5.31. The Balaban J connectivity index is 1.28. The molecule has 2 heterocycles. The summed E-state index contributed by atoms with van der Waals surface area (Å²) in [6.07, 6.45) is 2.11. The summed E-state index contributed by atoms with van der Waals surface area (Å²) < 4.78 is 21.2. The fourth-order valence-corrected chi connectivity index (χ4v) is 5.57. The largest absolute Gasteiger partial charge is 0.434 e. The van der Waals surface area contributed by atoms with Gasteiger partial charge in [0.2, 0.25) is 0 Å². The number of hydroxylamine groups is 2. The Bertz CT molecular complexity index is 1810. The van der Waals surface area contributed by atoms with Gasteiger partial charge in [0.1, 0.15) is 5.56 Å². The van der Waals surface area contributed by atoms with Crippen LogP contribution in [-0.4, -0.2) is 45.6 Å². The van der Waals surface area contributed by atoms with Crippen LogP contribution in [0.5, 0.6) is 11.6 Å². The van der Waals surface area contributed by atoms with Crippen LogP contribution >= 0.6 is 11.6 Å². The van der Waals surface area contributed by atoms with E-state index in [1.54, 1.807) is 43.3 Å². The van der Waals surface area contributed by atoms with Gasteiger partial charge in [0.15, 0.2) is 16.7 Å². The molecule has 1 aliphatic heterocycles. The molecule has 4 aromatic rings. The van der Waals surface area contributed by atoms with Gasteiger partial charge in [-0.3, -0.25) is 19.2 Å². The van der Waals surface area contributed by atoms with E-state index in [1.165, 1.54) is 6.07 Å². The van der Waals surface area contributed by atoms with Crippen LogP contribution in [0.4, 0.5) is 4.39 Å². The summed E-state index contributed by atoms with van der Waals surface area (Å²) in [4.78, 5) is 45.5. The molecule has 0 bridgehead atoms. The first kappa shape index (κ1) is 30.4. The number of rotatable bonds is 10. The summed E-state index contributed by atoms with van der Waals surface area (Å²) >= 11 is 6.28. The van der Waals surface area contributed by atoms with Crippen LogP contribution in [0.2, 0.25) is 5.15 Å². The molecule has 2 aliphatic rings. The molecule has 0 spiro atoms. The number of amides is 3. The highest BCUT2D eigenvalue weighted by molar-refractivity contribution is 6.30. The summed E-state index contributed by atoms with van der Waals surface area (Å²) in [5, 5.41) is 11.5. The van der Waals surface area contributed by atoms with Crippen molar-refractivity contribution in [3.05, 3.63) is 116 Å². The highest BCUT2D eigenvalue weighted by Crippen LogP contribution is 2.43. The smallest absolute Gasteiger partial charge is 0.285 e. The number of halogens is 2. The Kier molecular flexibility index (Phi) is 8.35. The number of imide groups is 1. The highest BCUT2D eigenvalue weighted by atomic mass is 35.5. The number of aryl methyl sites for hydroxylation is 2. The third-order valence-corrected chi connectivity index (χ3v) is 8.39. The molecule has 11 heteroatoms. The first-order valence-corrected chi connectivity index (χ1v) is 15.0. The van der Waals surface area contributed by atoms with Gasteiger partial charge in [-0.15, -0.1) is 15.3 Å². The minimum Gasteiger partial charge on any atom is -0.434 e. The molecule has 1 N–H and O–H groups in total. The van der Waals surface area contributed by atoms with Gasteiger partial charge in [-0.1, -0.05) is 59.6 Å². The van der Waals surface area contributed by atoms with Gasteiger partial charge in [-0.25, -0.2) is 4.39 Å². The highest BCUT2D eigenvalue weighted by Gasteiger charge is 2.37. The van der Waals surface area contributed by atoms with Crippen molar-refractivity contribution in [1.82, 2.24) is 20.6 Å². The van der Waals surface area contributed by atoms with E-state index in [0.29, 0.717) is 17.0 Å². The molecule has 45 heavy (non-hydrogen) atoms. The zero-order chi connectivity index (χ0) is 31.8. The van der Waals surface area contributed by atoms with Crippen LogP contribution in [0.25, 0.3) is 0 Å². The zero-order valence-electron chi connectivity index (χ0n) is 24.9. The number of hydrogen-bond acceptors (Lipinski definition) is 7. The maximum absolute atomic E-state index is 15.3. The number of carbonyl (C=O) groups is 3. The lowest BCUT2D eigenvalue weighted by atomic mass is 9.99. The molecule has 9 nitrogen and oxygen atoms in total. The lowest BCUT2D eigenvalue weighted by molar-refractivity contribution is -0.0969. The fraction of sp³-hybridized carbons (Fsp3) is 0.265. The van der Waals surface area contributed by atoms with Crippen molar-refractivity contribution in [2.24, 2.45) is 0 Å². The predicted molar refractivity (Wildman–Crippen MR) is 164 cm³/mol. The molecule has 1 fully saturated rings. The second kappa shape index (κ2) is 12.4. The number of benzene rings is 3. The predicted octanol–water partition coefficient (Wildman–Crippen LogP) is 6.43. The third-order valence-electron chi connectivity index (χ3n) is 8.03. The number of hydrogen-bond donors (Lipinski definition) is 1. The second-order valence-electron chi connectivity index (χ2n) is 11.4. The Labute approximate surface area is 264 Å². The van der Waals surface area contributed by atoms with Crippen LogP contribution in [-0.2, 0) is 11.3 Å². The van der Waals surface area contributed by atoms with E-state index in [0.717, 1.165) is 29.5 Å². The van der Waals surface area contributed by atoms with Crippen molar-refractivity contribution in [3.63, 3.8) is 0 Å². The number of nitrogens with zero attached hydrogens (tertiary/aromatic N) is 3. The van der Waals surface area contributed by atoms with Crippen molar-refractivity contribution >= 4 is 29.3 Å². The quantitative estimate of drug-likeness (QED) is 0.201. The minimum absolute atomic E-state index is 0.0205. The van der Waals surface area contributed by atoms with Gasteiger partial charge in [0.25, 0.3) is 23.6 Å². The minimum atomic E-state index is -0.725. The molecule has 1 aliphatic carbocycles. The average Bonchev–Trinajstić information content (AvgIpc) is 3.83. The van der Waals surface area contributed by atoms with Crippen molar-refractivity contribution in [2.45, 2.75) is 52.0 Å². The number of carbonyl (C=O) groups excluding carboxylic acids is 3. The lowest BCUT2D eigenvalue weighted by Gasteiger charge is -2.23. The molecular weight excluding hydrogens is 599 g/mol. The van der Waals surface area contributed by atoms with E-state index in [1.807, 2.05) is 32.0 Å². The summed E-state index contributed by atoms with van der Waals surface area (Å²) in [7, 11) is 0. The van der Waals surface area contributed by atoms with Crippen molar-refractivity contribution in [3.8, 4) is 11.6 Å². The summed E-state index contributed by atoms with van der Waals surface area (Å²) in [5.41, 5.74) is 4.28. The topological polar surface area (TPSA) is 111 Å².